The summed E-state index contributed by atoms with van der Waals surface area (Å²) in [5.41, 5.74) is 9.26. The van der Waals surface area contributed by atoms with Crippen LogP contribution in [0, 0.1) is 0 Å². The summed E-state index contributed by atoms with van der Waals surface area (Å²) in [5, 5.41) is 20.5. The molecule has 126 valence electrons. The second-order valence-electron chi connectivity index (χ2n) is 5.41. The number of benzene rings is 2. The zero-order chi connectivity index (χ0) is 17.7. The van der Waals surface area contributed by atoms with E-state index in [1.807, 2.05) is 0 Å². The Bertz CT molecular complexity index is 712. The van der Waals surface area contributed by atoms with Crippen molar-refractivity contribution in [3.63, 3.8) is 0 Å². The minimum Gasteiger partial charge on any atom is -0.508 e. The number of rotatable bonds is 5. The van der Waals surface area contributed by atoms with E-state index in [0.717, 1.165) is 11.1 Å². The molecule has 0 unspecified atom stereocenters. The van der Waals surface area contributed by atoms with Gasteiger partial charge in [0.15, 0.2) is 0 Å². The monoisotopic (exact) mass is 329 g/mol. The van der Waals surface area contributed by atoms with Crippen molar-refractivity contribution in [2.75, 3.05) is 0 Å². The second kappa shape index (κ2) is 7.58. The van der Waals surface area contributed by atoms with Crippen LogP contribution in [0.25, 0.3) is 11.1 Å². The highest BCUT2D eigenvalue weighted by Gasteiger charge is 2.24. The molecule has 0 saturated heterocycles. The molecule has 6 N–H and O–H groups in total. The van der Waals surface area contributed by atoms with Gasteiger partial charge >= 0.3 is 0 Å². The van der Waals surface area contributed by atoms with E-state index in [0.29, 0.717) is 5.56 Å². The standard InChI is InChI=1S/C17H19N3O4/c1-10(18)15(17(23)20-24)19-16(22)13-4-2-11(3-5-13)12-6-8-14(21)9-7-12/h2-10,15,21,24H,18H2,1H3,(H,19,22)(H,20,23)/t10-,15+/m1/s1. The van der Waals surface area contributed by atoms with Crippen LogP contribution in [0.2, 0.25) is 0 Å². The van der Waals surface area contributed by atoms with Crippen LogP contribution in [0.5, 0.6) is 5.75 Å². The molecule has 2 rings (SSSR count). The fourth-order valence-corrected chi connectivity index (χ4v) is 2.20. The number of phenols is 1. The van der Waals surface area contributed by atoms with E-state index in [9.17, 15) is 14.7 Å². The van der Waals surface area contributed by atoms with E-state index in [-0.39, 0.29) is 5.75 Å². The molecule has 0 radical (unpaired) electrons. The molecule has 0 fully saturated rings. The van der Waals surface area contributed by atoms with Gasteiger partial charge in [0, 0.05) is 11.6 Å². The molecule has 2 amide bonds. The Morgan fingerprint density at radius 1 is 1.00 bits per heavy atom. The first kappa shape index (κ1) is 17.5. The van der Waals surface area contributed by atoms with Crippen LogP contribution < -0.4 is 16.5 Å². The van der Waals surface area contributed by atoms with Crippen molar-refractivity contribution >= 4 is 11.8 Å². The third kappa shape index (κ3) is 4.09. The van der Waals surface area contributed by atoms with Crippen LogP contribution in [0.3, 0.4) is 0 Å². The lowest BCUT2D eigenvalue weighted by Crippen LogP contribution is -2.54. The smallest absolute Gasteiger partial charge is 0.267 e. The van der Waals surface area contributed by atoms with Crippen LogP contribution in [-0.4, -0.2) is 34.2 Å². The first-order valence-corrected chi connectivity index (χ1v) is 7.32. The molecule has 0 aliphatic rings. The summed E-state index contributed by atoms with van der Waals surface area (Å²) in [6.07, 6.45) is 0. The average Bonchev–Trinajstić information content (AvgIpc) is 2.59. The quantitative estimate of drug-likeness (QED) is 0.413. The van der Waals surface area contributed by atoms with E-state index in [1.54, 1.807) is 55.5 Å². The van der Waals surface area contributed by atoms with Crippen LogP contribution in [0.4, 0.5) is 0 Å². The van der Waals surface area contributed by atoms with Gasteiger partial charge < -0.3 is 16.2 Å². The van der Waals surface area contributed by atoms with Crippen molar-refractivity contribution in [2.45, 2.75) is 19.0 Å². The lowest BCUT2D eigenvalue weighted by Gasteiger charge is -2.20. The maximum Gasteiger partial charge on any atom is 0.267 e. The summed E-state index contributed by atoms with van der Waals surface area (Å²) in [7, 11) is 0. The van der Waals surface area contributed by atoms with Gasteiger partial charge in [-0.15, -0.1) is 0 Å². The summed E-state index contributed by atoms with van der Waals surface area (Å²) in [6.45, 7) is 1.55. The first-order valence-electron chi connectivity index (χ1n) is 7.32. The Morgan fingerprint density at radius 2 is 1.50 bits per heavy atom. The zero-order valence-electron chi connectivity index (χ0n) is 13.1. The number of hydrogen-bond donors (Lipinski definition) is 5. The second-order valence-corrected chi connectivity index (χ2v) is 5.41. The number of amides is 2. The summed E-state index contributed by atoms with van der Waals surface area (Å²) in [4.78, 5) is 23.7. The Hall–Kier alpha value is -2.90. The third-order valence-corrected chi connectivity index (χ3v) is 3.55. The van der Waals surface area contributed by atoms with E-state index >= 15 is 0 Å². The molecule has 0 heterocycles. The molecule has 2 aromatic rings. The normalized spacial score (nSPS) is 13.0. The van der Waals surface area contributed by atoms with Gasteiger partial charge in [-0.25, -0.2) is 5.48 Å². The van der Waals surface area contributed by atoms with Crippen LogP contribution in [-0.2, 0) is 4.79 Å². The fourth-order valence-electron chi connectivity index (χ4n) is 2.20. The topological polar surface area (TPSA) is 125 Å². The molecule has 2 atom stereocenters. The molecule has 7 heteroatoms. The largest absolute Gasteiger partial charge is 0.508 e. The van der Waals surface area contributed by atoms with E-state index in [2.05, 4.69) is 5.32 Å². The van der Waals surface area contributed by atoms with Gasteiger partial charge in [-0.2, -0.15) is 0 Å². The molecule has 0 spiro atoms. The molecule has 7 nitrogen and oxygen atoms in total. The highest BCUT2D eigenvalue weighted by molar-refractivity contribution is 5.98. The summed E-state index contributed by atoms with van der Waals surface area (Å²) >= 11 is 0. The predicted octanol–water partition coefficient (Wildman–Crippen LogP) is 1.01. The van der Waals surface area contributed by atoms with Crippen LogP contribution >= 0.6 is 0 Å². The fraction of sp³-hybridized carbons (Fsp3) is 0.176. The zero-order valence-corrected chi connectivity index (χ0v) is 13.1. The molecular formula is C17H19N3O4. The van der Waals surface area contributed by atoms with E-state index in [4.69, 9.17) is 10.9 Å². The van der Waals surface area contributed by atoms with Gasteiger partial charge in [-0.3, -0.25) is 14.8 Å². The Labute approximate surface area is 139 Å². The molecule has 0 bridgehead atoms. The summed E-state index contributed by atoms with van der Waals surface area (Å²) < 4.78 is 0. The SMILES string of the molecule is C[C@@H](N)[C@H](NC(=O)c1ccc(-c2ccc(O)cc2)cc1)C(=O)NO. The van der Waals surface area contributed by atoms with Gasteiger partial charge in [0.2, 0.25) is 0 Å². The average molecular weight is 329 g/mol. The molecule has 0 aliphatic carbocycles. The van der Waals surface area contributed by atoms with Gasteiger partial charge in [-0.05, 0) is 42.3 Å². The van der Waals surface area contributed by atoms with Crippen LogP contribution in [0.15, 0.2) is 48.5 Å². The van der Waals surface area contributed by atoms with E-state index in [1.165, 1.54) is 5.48 Å². The number of carbonyl (C=O) groups is 2. The van der Waals surface area contributed by atoms with Crippen molar-refractivity contribution in [2.24, 2.45) is 5.73 Å². The minimum atomic E-state index is -1.04. The summed E-state index contributed by atoms with van der Waals surface area (Å²) in [6, 6.07) is 11.7. The molecule has 2 aromatic carbocycles. The van der Waals surface area contributed by atoms with Crippen molar-refractivity contribution < 1.29 is 19.9 Å². The van der Waals surface area contributed by atoms with Crippen molar-refractivity contribution in [1.29, 1.82) is 0 Å². The molecule has 0 saturated carbocycles. The maximum atomic E-state index is 12.2. The third-order valence-electron chi connectivity index (χ3n) is 3.55. The maximum absolute atomic E-state index is 12.2. The lowest BCUT2D eigenvalue weighted by molar-refractivity contribution is -0.131. The Morgan fingerprint density at radius 3 is 1.96 bits per heavy atom. The minimum absolute atomic E-state index is 0.179. The van der Waals surface area contributed by atoms with Gasteiger partial charge in [-0.1, -0.05) is 24.3 Å². The lowest BCUT2D eigenvalue weighted by atomic mass is 10.0. The van der Waals surface area contributed by atoms with Gasteiger partial charge in [0.25, 0.3) is 11.8 Å². The number of carbonyl (C=O) groups excluding carboxylic acids is 2. The van der Waals surface area contributed by atoms with Gasteiger partial charge in [0.1, 0.15) is 11.8 Å². The molecule has 0 aromatic heterocycles. The number of hydrogen-bond acceptors (Lipinski definition) is 5. The Kier molecular flexibility index (Phi) is 5.51. The number of hydroxylamine groups is 1. The van der Waals surface area contributed by atoms with Crippen molar-refractivity contribution in [3.8, 4) is 16.9 Å². The van der Waals surface area contributed by atoms with Crippen molar-refractivity contribution in [1.82, 2.24) is 10.8 Å². The number of aromatic hydroxyl groups is 1. The first-order chi connectivity index (χ1) is 11.4. The van der Waals surface area contributed by atoms with Crippen LogP contribution in [0.1, 0.15) is 17.3 Å². The number of nitrogens with one attached hydrogen (secondary N) is 2. The van der Waals surface area contributed by atoms with Gasteiger partial charge in [0.05, 0.1) is 0 Å². The van der Waals surface area contributed by atoms with E-state index < -0.39 is 23.9 Å². The highest BCUT2D eigenvalue weighted by Crippen LogP contribution is 2.22. The summed E-state index contributed by atoms with van der Waals surface area (Å²) in [5.74, 6) is -1.07. The molecule has 24 heavy (non-hydrogen) atoms. The number of phenolic OH excluding ortho intramolecular Hbond substituents is 1. The molecule has 0 aliphatic heterocycles. The number of nitrogens with two attached hydrogens (primary N) is 1. The van der Waals surface area contributed by atoms with Crippen molar-refractivity contribution in [3.05, 3.63) is 54.1 Å². The predicted molar refractivity (Wildman–Crippen MR) is 88.4 cm³/mol. The molecular weight excluding hydrogens is 310 g/mol. The Balaban J connectivity index is 2.13. The highest BCUT2D eigenvalue weighted by atomic mass is 16.5.